The lowest BCUT2D eigenvalue weighted by molar-refractivity contribution is 0.0915. The number of carbonyl (C=O) groups is 1. The largest absolute Gasteiger partial charge is 0.494 e. The number of amides is 1. The summed E-state index contributed by atoms with van der Waals surface area (Å²) in [7, 11) is 3.02. The van der Waals surface area contributed by atoms with Gasteiger partial charge in [-0.05, 0) is 49.4 Å². The van der Waals surface area contributed by atoms with Gasteiger partial charge in [0.05, 0.1) is 31.6 Å². The highest BCUT2D eigenvalue weighted by molar-refractivity contribution is 5.96. The van der Waals surface area contributed by atoms with E-state index in [1.54, 1.807) is 29.8 Å². The monoisotopic (exact) mass is 510 g/mol. The summed E-state index contributed by atoms with van der Waals surface area (Å²) in [5.74, 6) is -2.17. The zero-order valence-corrected chi connectivity index (χ0v) is 20.7. The van der Waals surface area contributed by atoms with Crippen molar-refractivity contribution in [1.29, 1.82) is 0 Å². The highest BCUT2D eigenvalue weighted by Crippen LogP contribution is 2.31. The molecule has 37 heavy (non-hydrogen) atoms. The number of ether oxygens (including phenoxy) is 1. The van der Waals surface area contributed by atoms with Gasteiger partial charge in [0.15, 0.2) is 23.0 Å². The van der Waals surface area contributed by atoms with Crippen LogP contribution in [-0.4, -0.2) is 58.7 Å². The average molecular weight is 511 g/mol. The third-order valence-electron chi connectivity index (χ3n) is 5.97. The number of nitrogens with zero attached hydrogens (tertiary/aromatic N) is 3. The number of benzene rings is 2. The fourth-order valence-electron chi connectivity index (χ4n) is 4.09. The predicted molar refractivity (Wildman–Crippen MR) is 136 cm³/mol. The third-order valence-corrected chi connectivity index (χ3v) is 5.97. The molecule has 0 saturated heterocycles. The number of aromatic nitrogens is 3. The molecule has 1 unspecified atom stereocenters. The van der Waals surface area contributed by atoms with Crippen molar-refractivity contribution in [1.82, 2.24) is 25.0 Å². The quantitative estimate of drug-likeness (QED) is 0.259. The molecule has 0 aliphatic rings. The number of methoxy groups -OCH3 is 1. The van der Waals surface area contributed by atoms with Crippen LogP contribution in [0.2, 0.25) is 0 Å². The van der Waals surface area contributed by atoms with E-state index in [-0.39, 0.29) is 23.8 Å². The van der Waals surface area contributed by atoms with Crippen molar-refractivity contribution >= 4 is 23.1 Å². The van der Waals surface area contributed by atoms with Gasteiger partial charge in [-0.25, -0.2) is 14.4 Å². The van der Waals surface area contributed by atoms with E-state index in [9.17, 15) is 18.7 Å². The fourth-order valence-corrected chi connectivity index (χ4v) is 4.09. The number of carbonyl (C=O) groups excluding carboxylic acids is 1. The van der Waals surface area contributed by atoms with Gasteiger partial charge in [-0.15, -0.1) is 0 Å². The molecule has 9 nitrogen and oxygen atoms in total. The minimum absolute atomic E-state index is 0.0334. The molecule has 0 aliphatic carbocycles. The molecule has 0 bridgehead atoms. The number of rotatable bonds is 10. The first-order valence-corrected chi connectivity index (χ1v) is 11.7. The molecule has 1 atom stereocenters. The van der Waals surface area contributed by atoms with Crippen LogP contribution in [0.4, 0.5) is 20.3 Å². The number of aliphatic hydroxyl groups is 1. The molecular formula is C26H28F2N6O3. The molecule has 4 aromatic rings. The number of hydrogen-bond donors (Lipinski definition) is 4. The number of nitrogens with one attached hydrogen (secondary N) is 3. The molecule has 4 rings (SSSR count). The number of aliphatic hydroxyl groups excluding tert-OH is 1. The van der Waals surface area contributed by atoms with Crippen LogP contribution in [0, 0.1) is 11.6 Å². The average Bonchev–Trinajstić information content (AvgIpc) is 3.34. The van der Waals surface area contributed by atoms with E-state index >= 15 is 0 Å². The van der Waals surface area contributed by atoms with Crippen LogP contribution >= 0.6 is 0 Å². The molecule has 2 heterocycles. The predicted octanol–water partition coefficient (Wildman–Crippen LogP) is 3.30. The van der Waals surface area contributed by atoms with Crippen LogP contribution in [0.1, 0.15) is 22.8 Å². The smallest absolute Gasteiger partial charge is 0.251 e. The van der Waals surface area contributed by atoms with Gasteiger partial charge in [-0.1, -0.05) is 6.92 Å². The summed E-state index contributed by atoms with van der Waals surface area (Å²) in [6, 6.07) is 7.68. The van der Waals surface area contributed by atoms with E-state index in [1.807, 2.05) is 13.0 Å². The van der Waals surface area contributed by atoms with Gasteiger partial charge in [0.2, 0.25) is 5.82 Å². The Labute approximate surface area is 212 Å². The van der Waals surface area contributed by atoms with Gasteiger partial charge in [0.1, 0.15) is 0 Å². The molecule has 1 amide bonds. The van der Waals surface area contributed by atoms with Crippen molar-refractivity contribution in [3.8, 4) is 17.0 Å². The van der Waals surface area contributed by atoms with Crippen molar-refractivity contribution in [3.63, 3.8) is 0 Å². The van der Waals surface area contributed by atoms with Crippen LogP contribution in [0.25, 0.3) is 16.9 Å². The van der Waals surface area contributed by atoms with Gasteiger partial charge >= 0.3 is 0 Å². The maximum absolute atomic E-state index is 14.7. The molecule has 0 saturated carbocycles. The summed E-state index contributed by atoms with van der Waals surface area (Å²) in [6.45, 7) is 2.20. The number of fused-ring (bicyclic) bond motifs is 1. The number of likely N-dealkylation sites (N-methyl/N-ethyl adjacent to an activating group) is 1. The first-order chi connectivity index (χ1) is 17.9. The lowest BCUT2D eigenvalue weighted by atomic mass is 10.0. The molecular weight excluding hydrogens is 482 g/mol. The molecule has 0 aliphatic heterocycles. The summed E-state index contributed by atoms with van der Waals surface area (Å²) in [4.78, 5) is 21.5. The number of hydrogen-bond acceptors (Lipinski definition) is 7. The van der Waals surface area contributed by atoms with Gasteiger partial charge in [-0.3, -0.25) is 9.20 Å². The van der Waals surface area contributed by atoms with Crippen molar-refractivity contribution in [2.75, 3.05) is 32.6 Å². The van der Waals surface area contributed by atoms with E-state index in [2.05, 4.69) is 25.9 Å². The van der Waals surface area contributed by atoms with Crippen LogP contribution in [0.3, 0.4) is 0 Å². The molecule has 0 spiro atoms. The van der Waals surface area contributed by atoms with Gasteiger partial charge < -0.3 is 25.8 Å². The second kappa shape index (κ2) is 11.3. The van der Waals surface area contributed by atoms with Gasteiger partial charge in [0, 0.05) is 35.8 Å². The summed E-state index contributed by atoms with van der Waals surface area (Å²) in [6.07, 6.45) is 5.18. The Kier molecular flexibility index (Phi) is 7.95. The van der Waals surface area contributed by atoms with Crippen LogP contribution in [-0.2, 0) is 6.42 Å². The number of imidazole rings is 1. The maximum Gasteiger partial charge on any atom is 0.251 e. The Bertz CT molecular complexity index is 1430. The molecule has 0 radical (unpaired) electrons. The molecule has 4 N–H and O–H groups in total. The summed E-state index contributed by atoms with van der Waals surface area (Å²) in [5.41, 5.74) is 2.77. The van der Waals surface area contributed by atoms with Crippen molar-refractivity contribution in [2.45, 2.75) is 19.4 Å². The minimum Gasteiger partial charge on any atom is -0.494 e. The fraction of sp³-hybridized carbons (Fsp3) is 0.269. The Balaban J connectivity index is 1.63. The molecule has 194 valence electrons. The molecule has 2 aromatic heterocycles. The highest BCUT2D eigenvalue weighted by atomic mass is 19.2. The molecule has 2 aromatic carbocycles. The summed E-state index contributed by atoms with van der Waals surface area (Å²) >= 11 is 0. The lowest BCUT2D eigenvalue weighted by Gasteiger charge is -2.17. The zero-order chi connectivity index (χ0) is 26.5. The topological polar surface area (TPSA) is 113 Å². The molecule has 0 fully saturated rings. The van der Waals surface area contributed by atoms with Crippen molar-refractivity contribution in [3.05, 3.63) is 71.7 Å². The second-order valence-corrected chi connectivity index (χ2v) is 8.32. The zero-order valence-electron chi connectivity index (χ0n) is 20.7. The van der Waals surface area contributed by atoms with Crippen LogP contribution in [0.15, 0.2) is 48.9 Å². The Hall–Kier alpha value is -4.09. The summed E-state index contributed by atoms with van der Waals surface area (Å²) in [5, 5.41) is 18.4. The summed E-state index contributed by atoms with van der Waals surface area (Å²) < 4.78 is 35.5. The highest BCUT2D eigenvalue weighted by Gasteiger charge is 2.20. The number of anilines is 2. The lowest BCUT2D eigenvalue weighted by Crippen LogP contribution is -2.43. The second-order valence-electron chi connectivity index (χ2n) is 8.32. The standard InChI is InChI=1S/C26H28F2N6O3/c1-4-15-11-16(5-6-18(15)26(36)33-17(14-35)12-29-2)32-24-25-31-13-20(34(25)10-9-30-24)19-7-8-21(37-3)23(28)22(19)27/h5-11,13,17,29,35H,4,12,14H2,1-3H3,(H,30,32)(H,33,36). The van der Waals surface area contributed by atoms with E-state index in [1.165, 1.54) is 31.6 Å². The van der Waals surface area contributed by atoms with Crippen LogP contribution in [0.5, 0.6) is 5.75 Å². The van der Waals surface area contributed by atoms with Gasteiger partial charge in [0.25, 0.3) is 5.91 Å². The van der Waals surface area contributed by atoms with E-state index < -0.39 is 17.7 Å². The minimum atomic E-state index is -1.07. The first kappa shape index (κ1) is 26.0. The SMILES string of the molecule is CCc1cc(Nc2nccn3c(-c4ccc(OC)c(F)c4F)cnc23)ccc1C(=O)NC(CO)CNC. The Morgan fingerprint density at radius 2 is 2.00 bits per heavy atom. The number of halogens is 2. The third kappa shape index (κ3) is 5.23. The molecule has 11 heteroatoms. The Morgan fingerprint density at radius 3 is 2.70 bits per heavy atom. The van der Waals surface area contributed by atoms with Gasteiger partial charge in [-0.2, -0.15) is 4.39 Å². The maximum atomic E-state index is 14.7. The normalized spacial score (nSPS) is 11.9. The van der Waals surface area contributed by atoms with Crippen LogP contribution < -0.4 is 20.7 Å². The van der Waals surface area contributed by atoms with E-state index in [0.29, 0.717) is 41.4 Å². The van der Waals surface area contributed by atoms with Crippen molar-refractivity contribution in [2.24, 2.45) is 0 Å². The number of aryl methyl sites for hydroxylation is 1. The first-order valence-electron chi connectivity index (χ1n) is 11.7. The Morgan fingerprint density at radius 1 is 1.19 bits per heavy atom. The van der Waals surface area contributed by atoms with E-state index in [0.717, 1.165) is 5.56 Å². The van der Waals surface area contributed by atoms with E-state index in [4.69, 9.17) is 4.74 Å². The van der Waals surface area contributed by atoms with Crippen molar-refractivity contribution < 1.29 is 23.4 Å².